The summed E-state index contributed by atoms with van der Waals surface area (Å²) in [6.45, 7) is 5.61. The third-order valence-corrected chi connectivity index (χ3v) is 7.41. The van der Waals surface area contributed by atoms with Gasteiger partial charge in [0.25, 0.3) is 5.56 Å². The topological polar surface area (TPSA) is 88.1 Å². The second kappa shape index (κ2) is 8.20. The number of aromatic amines is 1. The van der Waals surface area contributed by atoms with E-state index in [0.29, 0.717) is 0 Å². The average Bonchev–Trinajstić information content (AvgIpc) is 3.34. The Hall–Kier alpha value is -3.37. The molecule has 7 heteroatoms. The van der Waals surface area contributed by atoms with Crippen molar-refractivity contribution in [1.29, 1.82) is 5.26 Å². The number of benzene rings is 1. The highest BCUT2D eigenvalue weighted by Gasteiger charge is 2.26. The van der Waals surface area contributed by atoms with Crippen molar-refractivity contribution in [3.05, 3.63) is 62.6 Å². The lowest BCUT2D eigenvalue weighted by Gasteiger charge is -2.36. The number of anilines is 2. The summed E-state index contributed by atoms with van der Waals surface area (Å²) in [5.41, 5.74) is 7.34. The number of piperazine rings is 1. The highest BCUT2D eigenvalue weighted by atomic mass is 16.1. The van der Waals surface area contributed by atoms with Gasteiger partial charge in [-0.25, -0.2) is 4.98 Å². The number of aromatic nitrogens is 2. The van der Waals surface area contributed by atoms with Crippen molar-refractivity contribution in [2.24, 2.45) is 0 Å². The van der Waals surface area contributed by atoms with E-state index in [-0.39, 0.29) is 5.56 Å². The zero-order chi connectivity index (χ0) is 22.4. The zero-order valence-electron chi connectivity index (χ0n) is 18.8. The molecule has 2 aromatic heterocycles. The molecule has 1 aliphatic carbocycles. The fourth-order valence-corrected chi connectivity index (χ4v) is 5.72. The van der Waals surface area contributed by atoms with Gasteiger partial charge in [-0.3, -0.25) is 9.69 Å². The Labute approximate surface area is 193 Å². The molecule has 0 spiro atoms. The predicted octanol–water partition coefficient (Wildman–Crippen LogP) is 2.96. The molecule has 0 bridgehead atoms. The third kappa shape index (κ3) is 3.55. The Balaban J connectivity index is 1.17. The molecule has 1 fully saturated rings. The molecule has 3 aliphatic rings. The van der Waals surface area contributed by atoms with Crippen LogP contribution >= 0.6 is 0 Å². The van der Waals surface area contributed by atoms with Gasteiger partial charge in [-0.2, -0.15) is 5.26 Å². The van der Waals surface area contributed by atoms with Gasteiger partial charge < -0.3 is 15.2 Å². The zero-order valence-corrected chi connectivity index (χ0v) is 18.8. The maximum Gasteiger partial charge on any atom is 0.253 e. The first kappa shape index (κ1) is 20.3. The summed E-state index contributed by atoms with van der Waals surface area (Å²) in [7, 11) is 0. The SMILES string of the molecule is N#Cc1cnc(N2CCN(Cc3ccc4c5c(c(=O)[nH]c4c3)CCCN5)CC2)c2c1CCC2. The van der Waals surface area contributed by atoms with Crippen LogP contribution in [0.1, 0.15) is 40.7 Å². The van der Waals surface area contributed by atoms with Crippen LogP contribution in [0.15, 0.2) is 29.2 Å². The Morgan fingerprint density at radius 2 is 1.85 bits per heavy atom. The minimum Gasteiger partial charge on any atom is -0.384 e. The maximum absolute atomic E-state index is 12.5. The van der Waals surface area contributed by atoms with E-state index >= 15 is 0 Å². The number of H-pyrrole nitrogens is 1. The summed E-state index contributed by atoms with van der Waals surface area (Å²) >= 11 is 0. The molecule has 3 aromatic rings. The number of hydrogen-bond donors (Lipinski definition) is 2. The van der Waals surface area contributed by atoms with Crippen LogP contribution in [0.2, 0.25) is 0 Å². The molecule has 0 saturated carbocycles. The van der Waals surface area contributed by atoms with E-state index in [1.165, 1.54) is 16.7 Å². The highest BCUT2D eigenvalue weighted by Crippen LogP contribution is 2.33. The van der Waals surface area contributed by atoms with Gasteiger partial charge in [0.05, 0.1) is 16.8 Å². The molecule has 2 N–H and O–H groups in total. The monoisotopic (exact) mass is 440 g/mol. The normalized spacial score (nSPS) is 18.0. The molecular formula is C26H28N6O. The molecule has 4 heterocycles. The van der Waals surface area contributed by atoms with Gasteiger partial charge in [0.1, 0.15) is 11.9 Å². The van der Waals surface area contributed by atoms with Crippen LogP contribution in [-0.2, 0) is 25.8 Å². The molecule has 0 unspecified atom stereocenters. The van der Waals surface area contributed by atoms with Crippen LogP contribution < -0.4 is 15.8 Å². The summed E-state index contributed by atoms with van der Waals surface area (Å²) in [5, 5.41) is 13.9. The number of nitrogens with zero attached hydrogens (tertiary/aromatic N) is 4. The molecule has 33 heavy (non-hydrogen) atoms. The largest absolute Gasteiger partial charge is 0.384 e. The van der Waals surface area contributed by atoms with Gasteiger partial charge in [0, 0.05) is 56.4 Å². The molecule has 0 radical (unpaired) electrons. The van der Waals surface area contributed by atoms with E-state index in [1.807, 2.05) is 0 Å². The molecule has 2 aliphatic heterocycles. The number of pyridine rings is 2. The molecule has 1 aromatic carbocycles. The number of rotatable bonds is 3. The maximum atomic E-state index is 12.5. The Morgan fingerprint density at radius 1 is 1.03 bits per heavy atom. The number of hydrogen-bond acceptors (Lipinski definition) is 6. The lowest BCUT2D eigenvalue weighted by molar-refractivity contribution is 0.249. The summed E-state index contributed by atoms with van der Waals surface area (Å²) in [4.78, 5) is 25.2. The average molecular weight is 441 g/mol. The van der Waals surface area contributed by atoms with Crippen LogP contribution in [0.25, 0.3) is 10.9 Å². The first-order valence-corrected chi connectivity index (χ1v) is 12.0. The molecule has 0 atom stereocenters. The van der Waals surface area contributed by atoms with Crippen LogP contribution in [-0.4, -0.2) is 47.6 Å². The van der Waals surface area contributed by atoms with Crippen molar-refractivity contribution in [3.63, 3.8) is 0 Å². The Bertz CT molecular complexity index is 1330. The van der Waals surface area contributed by atoms with E-state index in [0.717, 1.165) is 105 Å². The Kier molecular flexibility index (Phi) is 5.03. The van der Waals surface area contributed by atoms with Crippen molar-refractivity contribution >= 4 is 22.4 Å². The Morgan fingerprint density at radius 3 is 2.70 bits per heavy atom. The minimum absolute atomic E-state index is 0.0397. The van der Waals surface area contributed by atoms with Crippen LogP contribution in [0.4, 0.5) is 11.5 Å². The second-order valence-electron chi connectivity index (χ2n) is 9.40. The first-order chi connectivity index (χ1) is 16.2. The molecule has 168 valence electrons. The fraction of sp³-hybridized carbons (Fsp3) is 0.423. The number of fused-ring (bicyclic) bond motifs is 4. The predicted molar refractivity (Wildman–Crippen MR) is 130 cm³/mol. The molecule has 6 rings (SSSR count). The molecule has 0 amide bonds. The van der Waals surface area contributed by atoms with Gasteiger partial charge >= 0.3 is 0 Å². The van der Waals surface area contributed by atoms with Gasteiger partial charge in [0.15, 0.2) is 0 Å². The number of nitrogens with one attached hydrogen (secondary N) is 2. The van der Waals surface area contributed by atoms with Crippen molar-refractivity contribution in [2.75, 3.05) is 42.9 Å². The van der Waals surface area contributed by atoms with Crippen LogP contribution in [0.3, 0.4) is 0 Å². The lowest BCUT2D eigenvalue weighted by Crippen LogP contribution is -2.46. The van der Waals surface area contributed by atoms with Crippen molar-refractivity contribution in [3.8, 4) is 6.07 Å². The number of nitriles is 1. The second-order valence-corrected chi connectivity index (χ2v) is 9.40. The minimum atomic E-state index is 0.0397. The summed E-state index contributed by atoms with van der Waals surface area (Å²) in [5.74, 6) is 1.08. The van der Waals surface area contributed by atoms with E-state index < -0.39 is 0 Å². The van der Waals surface area contributed by atoms with Gasteiger partial charge in [-0.1, -0.05) is 12.1 Å². The molecule has 7 nitrogen and oxygen atoms in total. The van der Waals surface area contributed by atoms with Crippen LogP contribution in [0.5, 0.6) is 0 Å². The van der Waals surface area contributed by atoms with Crippen molar-refractivity contribution in [1.82, 2.24) is 14.9 Å². The highest BCUT2D eigenvalue weighted by molar-refractivity contribution is 5.93. The smallest absolute Gasteiger partial charge is 0.253 e. The molecular weight excluding hydrogens is 412 g/mol. The lowest BCUT2D eigenvalue weighted by atomic mass is 10.0. The van der Waals surface area contributed by atoms with E-state index in [1.54, 1.807) is 6.20 Å². The van der Waals surface area contributed by atoms with E-state index in [2.05, 4.69) is 49.4 Å². The van der Waals surface area contributed by atoms with Gasteiger partial charge in [0.2, 0.25) is 0 Å². The standard InChI is InChI=1S/C26H28N6O/c27-14-18-15-29-25(20-4-1-3-19(18)20)32-11-9-31(10-12-32)16-17-6-7-21-23(13-17)30-26(33)22-5-2-8-28-24(21)22/h6-7,13,15,28H,1-5,8-12,16H2,(H,30,33). The van der Waals surface area contributed by atoms with Crippen molar-refractivity contribution in [2.45, 2.75) is 38.6 Å². The summed E-state index contributed by atoms with van der Waals surface area (Å²) in [6, 6.07) is 8.79. The summed E-state index contributed by atoms with van der Waals surface area (Å²) in [6.07, 6.45) is 6.75. The quantitative estimate of drug-likeness (QED) is 0.651. The van der Waals surface area contributed by atoms with E-state index in [9.17, 15) is 10.1 Å². The van der Waals surface area contributed by atoms with Crippen molar-refractivity contribution < 1.29 is 0 Å². The van der Waals surface area contributed by atoms with Gasteiger partial charge in [-0.05, 0) is 54.9 Å². The first-order valence-electron chi connectivity index (χ1n) is 12.0. The van der Waals surface area contributed by atoms with Crippen LogP contribution in [0, 0.1) is 11.3 Å². The summed E-state index contributed by atoms with van der Waals surface area (Å²) < 4.78 is 0. The fourth-order valence-electron chi connectivity index (χ4n) is 5.72. The third-order valence-electron chi connectivity index (χ3n) is 7.41. The van der Waals surface area contributed by atoms with E-state index in [4.69, 9.17) is 0 Å². The van der Waals surface area contributed by atoms with Gasteiger partial charge in [-0.15, -0.1) is 0 Å². The molecule has 1 saturated heterocycles.